The quantitative estimate of drug-likeness (QED) is 0.317. The molecule has 0 aliphatic rings. The molecule has 0 saturated carbocycles. The van der Waals surface area contributed by atoms with E-state index >= 15 is 0 Å². The third-order valence-corrected chi connectivity index (χ3v) is 6.05. The van der Waals surface area contributed by atoms with E-state index in [0.29, 0.717) is 17.4 Å². The minimum Gasteiger partial charge on any atom is -0.466 e. The van der Waals surface area contributed by atoms with Crippen LogP contribution in [0.15, 0.2) is 65.1 Å². The van der Waals surface area contributed by atoms with Crippen LogP contribution in [0.3, 0.4) is 0 Å². The van der Waals surface area contributed by atoms with Gasteiger partial charge >= 0.3 is 5.97 Å². The molecule has 9 heteroatoms. The molecule has 2 heterocycles. The molecule has 0 aliphatic carbocycles. The number of thiazole rings is 1. The summed E-state index contributed by atoms with van der Waals surface area (Å²) in [5.41, 5.74) is 3.43. The van der Waals surface area contributed by atoms with Crippen LogP contribution in [0.2, 0.25) is 0 Å². The number of nitrogens with one attached hydrogen (secondary N) is 1. The molecule has 0 aliphatic heterocycles. The van der Waals surface area contributed by atoms with Gasteiger partial charge in [0.1, 0.15) is 0 Å². The summed E-state index contributed by atoms with van der Waals surface area (Å²) in [5, 5.41) is 5.73. The number of nitrogens with zero attached hydrogens (tertiary/aromatic N) is 3. The molecule has 0 bridgehead atoms. The van der Waals surface area contributed by atoms with Gasteiger partial charge in [-0.1, -0.05) is 42.1 Å². The summed E-state index contributed by atoms with van der Waals surface area (Å²) in [6, 6.07) is 17.8. The number of imidazole rings is 1. The Kier molecular flexibility index (Phi) is 6.63. The standard InChI is InChI=1S/C22H20N4O3S2/c1-2-29-20(28)12-15-13-30-21(23-15)25-19(27)14-31-22-24-17-10-6-7-11-18(17)26(22)16-8-4-3-5-9-16/h3-11,13H,2,12,14H2,1H3,(H,23,25,27). The van der Waals surface area contributed by atoms with Crippen LogP contribution < -0.4 is 5.32 Å². The molecule has 0 unspecified atom stereocenters. The van der Waals surface area contributed by atoms with Crippen molar-refractivity contribution in [3.8, 4) is 5.69 Å². The van der Waals surface area contributed by atoms with Crippen molar-refractivity contribution in [3.05, 3.63) is 65.7 Å². The molecule has 4 aromatic rings. The van der Waals surface area contributed by atoms with Crippen molar-refractivity contribution in [1.29, 1.82) is 0 Å². The van der Waals surface area contributed by atoms with Gasteiger partial charge in [0, 0.05) is 11.1 Å². The molecular formula is C22H20N4O3S2. The topological polar surface area (TPSA) is 86.1 Å². The average Bonchev–Trinajstić information content (AvgIpc) is 3.36. The van der Waals surface area contributed by atoms with Crippen LogP contribution in [0, 0.1) is 0 Å². The van der Waals surface area contributed by atoms with Crippen molar-refractivity contribution < 1.29 is 14.3 Å². The first-order chi connectivity index (χ1) is 15.1. The number of ether oxygens (including phenoxy) is 1. The second kappa shape index (κ2) is 9.76. The van der Waals surface area contributed by atoms with Crippen LogP contribution in [-0.2, 0) is 20.7 Å². The molecule has 0 fully saturated rings. The van der Waals surface area contributed by atoms with Gasteiger partial charge in [-0.05, 0) is 31.2 Å². The SMILES string of the molecule is CCOC(=O)Cc1csc(NC(=O)CSc2nc3ccccc3n2-c2ccccc2)n1. The van der Waals surface area contributed by atoms with Crippen LogP contribution in [0.5, 0.6) is 0 Å². The van der Waals surface area contributed by atoms with Gasteiger partial charge in [-0.25, -0.2) is 9.97 Å². The van der Waals surface area contributed by atoms with E-state index in [1.54, 1.807) is 12.3 Å². The Morgan fingerprint density at radius 1 is 1.10 bits per heavy atom. The molecule has 2 aromatic carbocycles. The summed E-state index contributed by atoms with van der Waals surface area (Å²) in [6.07, 6.45) is 0.0933. The Bertz CT molecular complexity index is 1200. The number of hydrogen-bond donors (Lipinski definition) is 1. The number of carbonyl (C=O) groups is 2. The lowest BCUT2D eigenvalue weighted by Gasteiger charge is -2.08. The van der Waals surface area contributed by atoms with Crippen molar-refractivity contribution >= 4 is 51.1 Å². The number of amides is 1. The molecule has 1 N–H and O–H groups in total. The maximum Gasteiger partial charge on any atom is 0.311 e. The summed E-state index contributed by atoms with van der Waals surface area (Å²) in [4.78, 5) is 33.0. The van der Waals surface area contributed by atoms with Gasteiger partial charge < -0.3 is 10.1 Å². The van der Waals surface area contributed by atoms with Crippen LogP contribution >= 0.6 is 23.1 Å². The number of aromatic nitrogens is 3. The number of rotatable bonds is 8. The Morgan fingerprint density at radius 3 is 2.68 bits per heavy atom. The Labute approximate surface area is 187 Å². The van der Waals surface area contributed by atoms with E-state index < -0.39 is 0 Å². The average molecular weight is 453 g/mol. The van der Waals surface area contributed by atoms with Crippen molar-refractivity contribution in [2.75, 3.05) is 17.7 Å². The van der Waals surface area contributed by atoms with E-state index in [1.807, 2.05) is 59.2 Å². The first-order valence-electron chi connectivity index (χ1n) is 9.69. The lowest BCUT2D eigenvalue weighted by atomic mass is 10.3. The second-order valence-corrected chi connectivity index (χ2v) is 8.32. The summed E-state index contributed by atoms with van der Waals surface area (Å²) < 4.78 is 6.97. The Hall–Kier alpha value is -3.17. The molecule has 4 rings (SSSR count). The minimum absolute atomic E-state index is 0.0933. The van der Waals surface area contributed by atoms with Crippen molar-refractivity contribution in [2.45, 2.75) is 18.5 Å². The third kappa shape index (κ3) is 5.12. The smallest absolute Gasteiger partial charge is 0.311 e. The number of fused-ring (bicyclic) bond motifs is 1. The molecule has 0 radical (unpaired) electrons. The maximum atomic E-state index is 12.5. The van der Waals surface area contributed by atoms with Crippen LogP contribution in [0.4, 0.5) is 5.13 Å². The lowest BCUT2D eigenvalue weighted by Crippen LogP contribution is -2.14. The predicted molar refractivity (Wildman–Crippen MR) is 123 cm³/mol. The summed E-state index contributed by atoms with van der Waals surface area (Å²) in [7, 11) is 0. The van der Waals surface area contributed by atoms with E-state index in [1.165, 1.54) is 23.1 Å². The van der Waals surface area contributed by atoms with Crippen molar-refractivity contribution in [3.63, 3.8) is 0 Å². The monoisotopic (exact) mass is 452 g/mol. The highest BCUT2D eigenvalue weighted by molar-refractivity contribution is 7.99. The first-order valence-corrected chi connectivity index (χ1v) is 11.6. The number of benzene rings is 2. The molecule has 0 spiro atoms. The zero-order chi connectivity index (χ0) is 21.6. The Balaban J connectivity index is 1.44. The Morgan fingerprint density at radius 2 is 1.87 bits per heavy atom. The number of carbonyl (C=O) groups excluding carboxylic acids is 2. The molecule has 158 valence electrons. The van der Waals surface area contributed by atoms with Gasteiger partial charge in [0.25, 0.3) is 0 Å². The summed E-state index contributed by atoms with van der Waals surface area (Å²) in [5.74, 6) is -0.335. The molecule has 0 saturated heterocycles. The largest absolute Gasteiger partial charge is 0.466 e. The van der Waals surface area contributed by atoms with Crippen LogP contribution in [0.1, 0.15) is 12.6 Å². The van der Waals surface area contributed by atoms with Gasteiger partial charge in [-0.2, -0.15) is 0 Å². The van der Waals surface area contributed by atoms with E-state index in [9.17, 15) is 9.59 Å². The molecule has 31 heavy (non-hydrogen) atoms. The number of esters is 1. The number of anilines is 1. The van der Waals surface area contributed by atoms with E-state index in [2.05, 4.69) is 10.3 Å². The number of para-hydroxylation sites is 3. The van der Waals surface area contributed by atoms with Gasteiger partial charge in [0.15, 0.2) is 10.3 Å². The van der Waals surface area contributed by atoms with E-state index in [-0.39, 0.29) is 24.1 Å². The van der Waals surface area contributed by atoms with Gasteiger partial charge in [-0.15, -0.1) is 11.3 Å². The lowest BCUT2D eigenvalue weighted by molar-refractivity contribution is -0.142. The fraction of sp³-hybridized carbons (Fsp3) is 0.182. The highest BCUT2D eigenvalue weighted by Gasteiger charge is 2.15. The molecule has 0 atom stereocenters. The molecular weight excluding hydrogens is 432 g/mol. The molecule has 7 nitrogen and oxygen atoms in total. The van der Waals surface area contributed by atoms with Crippen molar-refractivity contribution in [2.24, 2.45) is 0 Å². The molecule has 1 amide bonds. The zero-order valence-corrected chi connectivity index (χ0v) is 18.4. The van der Waals surface area contributed by atoms with Crippen LogP contribution in [-0.4, -0.2) is 38.8 Å². The highest BCUT2D eigenvalue weighted by atomic mass is 32.2. The predicted octanol–water partition coefficient (Wildman–Crippen LogP) is 4.32. The number of hydrogen-bond acceptors (Lipinski definition) is 7. The number of thioether (sulfide) groups is 1. The second-order valence-electron chi connectivity index (χ2n) is 6.52. The molecule has 2 aromatic heterocycles. The summed E-state index contributed by atoms with van der Waals surface area (Å²) in [6.45, 7) is 2.09. The third-order valence-electron chi connectivity index (χ3n) is 4.31. The summed E-state index contributed by atoms with van der Waals surface area (Å²) >= 11 is 2.64. The highest BCUT2D eigenvalue weighted by Crippen LogP contribution is 2.28. The first kappa shape index (κ1) is 21.1. The maximum absolute atomic E-state index is 12.5. The van der Waals surface area contributed by atoms with Crippen LogP contribution in [0.25, 0.3) is 16.7 Å². The normalized spacial score (nSPS) is 10.9. The zero-order valence-electron chi connectivity index (χ0n) is 16.8. The van der Waals surface area contributed by atoms with Gasteiger partial charge in [-0.3, -0.25) is 14.2 Å². The minimum atomic E-state index is -0.332. The van der Waals surface area contributed by atoms with Crippen molar-refractivity contribution in [1.82, 2.24) is 14.5 Å². The van der Waals surface area contributed by atoms with E-state index in [0.717, 1.165) is 21.9 Å². The van der Waals surface area contributed by atoms with Gasteiger partial charge in [0.05, 0.1) is 35.5 Å². The van der Waals surface area contributed by atoms with E-state index in [4.69, 9.17) is 9.72 Å². The van der Waals surface area contributed by atoms with Gasteiger partial charge in [0.2, 0.25) is 5.91 Å². The fourth-order valence-corrected chi connectivity index (χ4v) is 4.57. The fourth-order valence-electron chi connectivity index (χ4n) is 3.02.